The summed E-state index contributed by atoms with van der Waals surface area (Å²) in [6, 6.07) is 0.813. The Hall–Kier alpha value is -0.120. The quantitative estimate of drug-likeness (QED) is 0.678. The molecule has 2 fully saturated rings. The van der Waals surface area contributed by atoms with E-state index in [0.29, 0.717) is 12.1 Å². The van der Waals surface area contributed by atoms with Crippen LogP contribution in [-0.2, 0) is 4.74 Å². The maximum absolute atomic E-state index is 6.12. The van der Waals surface area contributed by atoms with Crippen LogP contribution in [0.1, 0.15) is 26.2 Å². The highest BCUT2D eigenvalue weighted by Crippen LogP contribution is 2.21. The SMILES string of the molecule is CC1CCN(C2COCCC2N)CC1. The van der Waals surface area contributed by atoms with Gasteiger partial charge in [0.2, 0.25) is 0 Å². The fourth-order valence-corrected chi connectivity index (χ4v) is 2.48. The summed E-state index contributed by atoms with van der Waals surface area (Å²) < 4.78 is 5.51. The molecule has 14 heavy (non-hydrogen) atoms. The van der Waals surface area contributed by atoms with Crippen molar-refractivity contribution in [3.63, 3.8) is 0 Å². The molecular formula is C11H22N2O. The second-order valence-corrected chi connectivity index (χ2v) is 4.81. The Morgan fingerprint density at radius 3 is 2.57 bits per heavy atom. The van der Waals surface area contributed by atoms with Crippen LogP contribution in [0.5, 0.6) is 0 Å². The predicted molar refractivity (Wildman–Crippen MR) is 57.2 cm³/mol. The van der Waals surface area contributed by atoms with Crippen LogP contribution >= 0.6 is 0 Å². The van der Waals surface area contributed by atoms with Gasteiger partial charge < -0.3 is 10.5 Å². The van der Waals surface area contributed by atoms with E-state index in [1.807, 2.05) is 0 Å². The van der Waals surface area contributed by atoms with Crippen LogP contribution < -0.4 is 5.73 Å². The molecule has 2 N–H and O–H groups in total. The van der Waals surface area contributed by atoms with Gasteiger partial charge in [0, 0.05) is 18.7 Å². The van der Waals surface area contributed by atoms with Gasteiger partial charge in [0.15, 0.2) is 0 Å². The maximum Gasteiger partial charge on any atom is 0.0636 e. The highest BCUT2D eigenvalue weighted by atomic mass is 16.5. The number of hydrogen-bond acceptors (Lipinski definition) is 3. The Labute approximate surface area is 86.6 Å². The lowest BCUT2D eigenvalue weighted by Gasteiger charge is -2.41. The Bertz CT molecular complexity index is 178. The van der Waals surface area contributed by atoms with Crippen molar-refractivity contribution in [3.8, 4) is 0 Å². The average Bonchev–Trinajstić information content (AvgIpc) is 2.20. The van der Waals surface area contributed by atoms with E-state index >= 15 is 0 Å². The topological polar surface area (TPSA) is 38.5 Å². The van der Waals surface area contributed by atoms with Gasteiger partial charge >= 0.3 is 0 Å². The molecule has 0 bridgehead atoms. The molecular weight excluding hydrogens is 176 g/mol. The van der Waals surface area contributed by atoms with E-state index in [4.69, 9.17) is 10.5 Å². The van der Waals surface area contributed by atoms with Crippen LogP contribution in [0.25, 0.3) is 0 Å². The van der Waals surface area contributed by atoms with Crippen LogP contribution in [0.15, 0.2) is 0 Å². The first kappa shape index (κ1) is 10.4. The van der Waals surface area contributed by atoms with E-state index in [1.54, 1.807) is 0 Å². The van der Waals surface area contributed by atoms with Gasteiger partial charge in [-0.2, -0.15) is 0 Å². The molecule has 2 heterocycles. The number of rotatable bonds is 1. The number of nitrogens with zero attached hydrogens (tertiary/aromatic N) is 1. The Kier molecular flexibility index (Phi) is 3.42. The molecule has 0 aliphatic carbocycles. The lowest BCUT2D eigenvalue weighted by molar-refractivity contribution is -0.00539. The molecule has 3 heteroatoms. The van der Waals surface area contributed by atoms with Gasteiger partial charge in [-0.25, -0.2) is 0 Å². The van der Waals surface area contributed by atoms with Gasteiger partial charge in [0.25, 0.3) is 0 Å². The molecule has 2 rings (SSSR count). The molecule has 0 aromatic rings. The first-order valence-electron chi connectivity index (χ1n) is 5.85. The van der Waals surface area contributed by atoms with Gasteiger partial charge in [-0.3, -0.25) is 4.90 Å². The third kappa shape index (κ3) is 2.27. The fourth-order valence-electron chi connectivity index (χ4n) is 2.48. The van der Waals surface area contributed by atoms with Gasteiger partial charge in [0.05, 0.1) is 6.61 Å². The van der Waals surface area contributed by atoms with Crippen molar-refractivity contribution >= 4 is 0 Å². The lowest BCUT2D eigenvalue weighted by Crippen LogP contribution is -2.55. The molecule has 0 spiro atoms. The van der Waals surface area contributed by atoms with Crippen molar-refractivity contribution in [2.45, 2.75) is 38.3 Å². The summed E-state index contributed by atoms with van der Waals surface area (Å²) in [5.41, 5.74) is 6.12. The minimum atomic E-state index is 0.331. The molecule has 2 aliphatic rings. The molecule has 0 saturated carbocycles. The zero-order chi connectivity index (χ0) is 9.97. The molecule has 0 amide bonds. The summed E-state index contributed by atoms with van der Waals surface area (Å²) in [6.07, 6.45) is 3.67. The van der Waals surface area contributed by atoms with Crippen LogP contribution in [0, 0.1) is 5.92 Å². The summed E-state index contributed by atoms with van der Waals surface area (Å²) >= 11 is 0. The number of nitrogens with two attached hydrogens (primary N) is 1. The van der Waals surface area contributed by atoms with Gasteiger partial charge in [-0.1, -0.05) is 6.92 Å². The average molecular weight is 198 g/mol. The van der Waals surface area contributed by atoms with E-state index < -0.39 is 0 Å². The second-order valence-electron chi connectivity index (χ2n) is 4.81. The van der Waals surface area contributed by atoms with Crippen LogP contribution in [0.2, 0.25) is 0 Å². The fraction of sp³-hybridized carbons (Fsp3) is 1.00. The van der Waals surface area contributed by atoms with E-state index in [-0.39, 0.29) is 0 Å². The maximum atomic E-state index is 6.12. The smallest absolute Gasteiger partial charge is 0.0636 e. The van der Waals surface area contributed by atoms with Crippen molar-refractivity contribution in [3.05, 3.63) is 0 Å². The minimum Gasteiger partial charge on any atom is -0.380 e. The first-order chi connectivity index (χ1) is 6.77. The van der Waals surface area contributed by atoms with Crippen LogP contribution in [0.4, 0.5) is 0 Å². The van der Waals surface area contributed by atoms with Gasteiger partial charge in [-0.05, 0) is 38.3 Å². The summed E-state index contributed by atoms with van der Waals surface area (Å²) in [5, 5.41) is 0. The van der Waals surface area contributed by atoms with Gasteiger partial charge in [0.1, 0.15) is 0 Å². The molecule has 2 aliphatic heterocycles. The van der Waals surface area contributed by atoms with Crippen LogP contribution in [0.3, 0.4) is 0 Å². The highest BCUT2D eigenvalue weighted by Gasteiger charge is 2.30. The molecule has 3 nitrogen and oxygen atoms in total. The summed E-state index contributed by atoms with van der Waals surface area (Å²) in [5.74, 6) is 0.895. The number of hydrogen-bond donors (Lipinski definition) is 1. The van der Waals surface area contributed by atoms with Crippen molar-refractivity contribution in [2.75, 3.05) is 26.3 Å². The normalized spacial score (nSPS) is 37.3. The number of piperidine rings is 1. The summed E-state index contributed by atoms with van der Waals surface area (Å²) in [7, 11) is 0. The zero-order valence-corrected chi connectivity index (χ0v) is 9.11. The first-order valence-corrected chi connectivity index (χ1v) is 5.85. The lowest BCUT2D eigenvalue weighted by atomic mass is 9.95. The standard InChI is InChI=1S/C11H22N2O/c1-9-2-5-13(6-3-9)11-8-14-7-4-10(11)12/h9-11H,2-8,12H2,1H3. The Morgan fingerprint density at radius 1 is 1.21 bits per heavy atom. The van der Waals surface area contributed by atoms with Crippen molar-refractivity contribution in [2.24, 2.45) is 11.7 Å². The largest absolute Gasteiger partial charge is 0.380 e. The van der Waals surface area contributed by atoms with E-state index in [0.717, 1.165) is 25.6 Å². The van der Waals surface area contributed by atoms with E-state index in [9.17, 15) is 0 Å². The highest BCUT2D eigenvalue weighted by molar-refractivity contribution is 4.86. The minimum absolute atomic E-state index is 0.331. The second kappa shape index (κ2) is 4.60. The molecule has 0 aromatic heterocycles. The Morgan fingerprint density at radius 2 is 1.93 bits per heavy atom. The van der Waals surface area contributed by atoms with Crippen LogP contribution in [-0.4, -0.2) is 43.3 Å². The summed E-state index contributed by atoms with van der Waals surface area (Å²) in [4.78, 5) is 2.53. The van der Waals surface area contributed by atoms with E-state index in [2.05, 4.69) is 11.8 Å². The zero-order valence-electron chi connectivity index (χ0n) is 9.11. The molecule has 2 saturated heterocycles. The van der Waals surface area contributed by atoms with Crippen molar-refractivity contribution in [1.82, 2.24) is 4.90 Å². The van der Waals surface area contributed by atoms with Gasteiger partial charge in [-0.15, -0.1) is 0 Å². The third-order valence-electron chi connectivity index (χ3n) is 3.67. The molecule has 2 unspecified atom stereocenters. The van der Waals surface area contributed by atoms with E-state index in [1.165, 1.54) is 25.9 Å². The molecule has 2 atom stereocenters. The Balaban J connectivity index is 1.87. The monoisotopic (exact) mass is 198 g/mol. The van der Waals surface area contributed by atoms with Crippen molar-refractivity contribution in [1.29, 1.82) is 0 Å². The number of likely N-dealkylation sites (tertiary alicyclic amines) is 1. The summed E-state index contributed by atoms with van der Waals surface area (Å²) in [6.45, 7) is 6.46. The third-order valence-corrected chi connectivity index (χ3v) is 3.67. The predicted octanol–water partition coefficient (Wildman–Crippen LogP) is 0.834. The molecule has 0 radical (unpaired) electrons. The molecule has 0 aromatic carbocycles. The number of ether oxygens (including phenoxy) is 1. The van der Waals surface area contributed by atoms with Crippen molar-refractivity contribution < 1.29 is 4.74 Å². The molecule has 82 valence electrons.